The van der Waals surface area contributed by atoms with Gasteiger partial charge in [-0.15, -0.1) is 0 Å². The van der Waals surface area contributed by atoms with Crippen molar-refractivity contribution in [2.24, 2.45) is 0 Å². The third kappa shape index (κ3) is 5.21. The first-order chi connectivity index (χ1) is 15.0. The number of sulfonamides is 2. The highest BCUT2D eigenvalue weighted by Crippen LogP contribution is 2.29. The number of anilines is 2. The predicted molar refractivity (Wildman–Crippen MR) is 112 cm³/mol. The second-order valence-electron chi connectivity index (χ2n) is 6.37. The average Bonchev–Trinajstić information content (AvgIpc) is 2.74. The lowest BCUT2D eigenvalue weighted by Gasteiger charge is -2.16. The van der Waals surface area contributed by atoms with Gasteiger partial charge in [0.05, 0.1) is 33.8 Å². The first kappa shape index (κ1) is 23.2. The molecule has 0 atom stereocenters. The van der Waals surface area contributed by atoms with E-state index in [-0.39, 0.29) is 26.7 Å². The lowest BCUT2D eigenvalue weighted by atomic mass is 10.2. The Kier molecular flexibility index (Phi) is 6.46. The van der Waals surface area contributed by atoms with Crippen molar-refractivity contribution in [1.82, 2.24) is 0 Å². The molecular weight excluding hydrogens is 466 g/mol. The maximum Gasteiger partial charge on any atom is 0.337 e. The molecule has 0 radical (unpaired) electrons. The summed E-state index contributed by atoms with van der Waals surface area (Å²) in [7, 11) is -7.39. The minimum atomic E-state index is -4.28. The highest BCUT2D eigenvalue weighted by Gasteiger charge is 2.21. The molecule has 12 heteroatoms. The molecule has 0 bridgehead atoms. The lowest BCUT2D eigenvalue weighted by Crippen LogP contribution is -2.18. The van der Waals surface area contributed by atoms with E-state index in [9.17, 15) is 30.4 Å². The Morgan fingerprint density at radius 3 is 1.59 bits per heavy atom. The van der Waals surface area contributed by atoms with Crippen molar-refractivity contribution >= 4 is 37.4 Å². The van der Waals surface area contributed by atoms with Crippen LogP contribution in [0.1, 0.15) is 10.4 Å². The van der Waals surface area contributed by atoms with E-state index in [2.05, 4.69) is 14.2 Å². The van der Waals surface area contributed by atoms with Crippen LogP contribution in [-0.4, -0.2) is 29.9 Å². The van der Waals surface area contributed by atoms with Crippen LogP contribution in [0.2, 0.25) is 0 Å². The molecule has 0 saturated heterocycles. The van der Waals surface area contributed by atoms with E-state index in [1.54, 1.807) is 0 Å². The summed E-state index contributed by atoms with van der Waals surface area (Å²) in [5.41, 5.74) is -0.565. The molecule has 0 unspecified atom stereocenters. The minimum absolute atomic E-state index is 0.0611. The van der Waals surface area contributed by atoms with E-state index in [0.29, 0.717) is 0 Å². The highest BCUT2D eigenvalue weighted by molar-refractivity contribution is 7.93. The van der Waals surface area contributed by atoms with Crippen LogP contribution in [-0.2, 0) is 24.8 Å². The zero-order valence-electron chi connectivity index (χ0n) is 16.4. The fourth-order valence-corrected chi connectivity index (χ4v) is 4.75. The number of hydrogen-bond donors (Lipinski definition) is 2. The van der Waals surface area contributed by atoms with Crippen LogP contribution in [0.3, 0.4) is 0 Å². The molecule has 0 heterocycles. The van der Waals surface area contributed by atoms with Crippen molar-refractivity contribution in [3.63, 3.8) is 0 Å². The second-order valence-corrected chi connectivity index (χ2v) is 9.74. The Balaban J connectivity index is 2.03. The lowest BCUT2D eigenvalue weighted by molar-refractivity contribution is 0.0600. The van der Waals surface area contributed by atoms with Gasteiger partial charge in [-0.3, -0.25) is 9.44 Å². The molecule has 0 aromatic heterocycles. The number of benzene rings is 3. The van der Waals surface area contributed by atoms with Crippen LogP contribution in [0.5, 0.6) is 0 Å². The average molecular weight is 482 g/mol. The Bertz CT molecular complexity index is 1360. The van der Waals surface area contributed by atoms with Gasteiger partial charge in [-0.1, -0.05) is 0 Å². The topological polar surface area (TPSA) is 119 Å². The fourth-order valence-electron chi connectivity index (χ4n) is 2.60. The van der Waals surface area contributed by atoms with E-state index >= 15 is 0 Å². The quantitative estimate of drug-likeness (QED) is 0.499. The van der Waals surface area contributed by atoms with Crippen LogP contribution >= 0.6 is 0 Å². The summed E-state index contributed by atoms with van der Waals surface area (Å²) in [5.74, 6) is -2.08. The summed E-state index contributed by atoms with van der Waals surface area (Å²) < 4.78 is 86.1. The second kappa shape index (κ2) is 8.93. The van der Waals surface area contributed by atoms with E-state index in [1.165, 1.54) is 6.07 Å². The zero-order valence-corrected chi connectivity index (χ0v) is 18.0. The highest BCUT2D eigenvalue weighted by atomic mass is 32.2. The van der Waals surface area contributed by atoms with Crippen molar-refractivity contribution < 1.29 is 35.1 Å². The maximum absolute atomic E-state index is 13.2. The first-order valence-electron chi connectivity index (χ1n) is 8.81. The normalized spacial score (nSPS) is 11.6. The third-order valence-corrected chi connectivity index (χ3v) is 6.94. The molecule has 3 aromatic carbocycles. The molecule has 0 aliphatic rings. The van der Waals surface area contributed by atoms with E-state index < -0.39 is 37.7 Å². The van der Waals surface area contributed by atoms with Gasteiger partial charge in [0.1, 0.15) is 11.6 Å². The number of methoxy groups -OCH3 is 1. The van der Waals surface area contributed by atoms with E-state index in [4.69, 9.17) is 0 Å². The summed E-state index contributed by atoms with van der Waals surface area (Å²) >= 11 is 0. The summed E-state index contributed by atoms with van der Waals surface area (Å²) in [6.45, 7) is 0. The predicted octanol–water partition coefficient (Wildman–Crippen LogP) is 3.35. The first-order valence-corrected chi connectivity index (χ1v) is 11.8. The van der Waals surface area contributed by atoms with Crippen molar-refractivity contribution in [2.45, 2.75) is 9.79 Å². The zero-order chi connectivity index (χ0) is 23.5. The molecule has 0 spiro atoms. The molecule has 32 heavy (non-hydrogen) atoms. The molecule has 8 nitrogen and oxygen atoms in total. The largest absolute Gasteiger partial charge is 0.465 e. The van der Waals surface area contributed by atoms with Gasteiger partial charge in [0.15, 0.2) is 0 Å². The molecule has 2 N–H and O–H groups in total. The van der Waals surface area contributed by atoms with Crippen LogP contribution in [0.25, 0.3) is 0 Å². The van der Waals surface area contributed by atoms with Gasteiger partial charge in [0.2, 0.25) is 0 Å². The number of carbonyl (C=O) groups is 1. The summed E-state index contributed by atoms with van der Waals surface area (Å²) in [5, 5.41) is 0. The van der Waals surface area contributed by atoms with Crippen molar-refractivity contribution in [2.75, 3.05) is 16.6 Å². The van der Waals surface area contributed by atoms with Crippen LogP contribution in [0.15, 0.2) is 76.5 Å². The molecule has 0 amide bonds. The molecule has 0 saturated carbocycles. The fraction of sp³-hybridized carbons (Fsp3) is 0.0500. The van der Waals surface area contributed by atoms with Crippen LogP contribution in [0.4, 0.5) is 20.2 Å². The molecule has 0 aliphatic carbocycles. The molecule has 0 aliphatic heterocycles. The Hall–Kier alpha value is -3.51. The number of esters is 1. The smallest absolute Gasteiger partial charge is 0.337 e. The standard InChI is InChI=1S/C20H16F2N2O6S2/c1-30-20(25)13-2-11-18(23-31(26,27)16-7-3-14(21)4-8-16)19(12-13)24-32(28,29)17-9-5-15(22)6-10-17/h2-12,23-24H,1H3. The van der Waals surface area contributed by atoms with Gasteiger partial charge in [0.25, 0.3) is 20.0 Å². The SMILES string of the molecule is COC(=O)c1ccc(NS(=O)(=O)c2ccc(F)cc2)c(NS(=O)(=O)c2ccc(F)cc2)c1. The monoisotopic (exact) mass is 482 g/mol. The third-order valence-electron chi connectivity index (χ3n) is 4.18. The minimum Gasteiger partial charge on any atom is -0.465 e. The number of halogens is 2. The summed E-state index contributed by atoms with van der Waals surface area (Å²) in [4.78, 5) is 11.3. The maximum atomic E-state index is 13.2. The van der Waals surface area contributed by atoms with Gasteiger partial charge >= 0.3 is 5.97 Å². The molecule has 168 valence electrons. The summed E-state index contributed by atoms with van der Waals surface area (Å²) in [6.07, 6.45) is 0. The van der Waals surface area contributed by atoms with Gasteiger partial charge in [-0.2, -0.15) is 0 Å². The number of hydrogen-bond acceptors (Lipinski definition) is 6. The Morgan fingerprint density at radius 1 is 0.719 bits per heavy atom. The van der Waals surface area contributed by atoms with Gasteiger partial charge in [0, 0.05) is 0 Å². The molecule has 3 aromatic rings. The van der Waals surface area contributed by atoms with Gasteiger partial charge < -0.3 is 4.74 Å². The number of rotatable bonds is 7. The Morgan fingerprint density at radius 2 is 1.16 bits per heavy atom. The van der Waals surface area contributed by atoms with Crippen molar-refractivity contribution in [3.05, 3.63) is 83.9 Å². The van der Waals surface area contributed by atoms with E-state index in [0.717, 1.165) is 67.8 Å². The molecule has 3 rings (SSSR count). The number of nitrogens with one attached hydrogen (secondary N) is 2. The van der Waals surface area contributed by atoms with Gasteiger partial charge in [-0.05, 0) is 66.7 Å². The van der Waals surface area contributed by atoms with Crippen LogP contribution < -0.4 is 9.44 Å². The Labute approximate surface area is 183 Å². The van der Waals surface area contributed by atoms with Crippen molar-refractivity contribution in [3.8, 4) is 0 Å². The van der Waals surface area contributed by atoms with E-state index in [1.807, 2.05) is 0 Å². The molecule has 0 fully saturated rings. The van der Waals surface area contributed by atoms with Crippen LogP contribution in [0, 0.1) is 11.6 Å². The van der Waals surface area contributed by atoms with Gasteiger partial charge in [-0.25, -0.2) is 30.4 Å². The number of ether oxygens (including phenoxy) is 1. The molecular formula is C20H16F2N2O6S2. The summed E-state index contributed by atoms with van der Waals surface area (Å²) in [6, 6.07) is 11.4. The number of carbonyl (C=O) groups excluding carboxylic acids is 1. The van der Waals surface area contributed by atoms with Crippen molar-refractivity contribution in [1.29, 1.82) is 0 Å².